The molecule has 1 aromatic rings. The number of guanidine groups is 1. The Morgan fingerprint density at radius 3 is 2.43 bits per heavy atom. The smallest absolute Gasteiger partial charge is 0.389 e. The maximum atomic E-state index is 12.0. The first-order valence-electron chi connectivity index (χ1n) is 7.33. The number of halogens is 4. The first-order valence-corrected chi connectivity index (χ1v) is 7.33. The highest BCUT2D eigenvalue weighted by molar-refractivity contribution is 14.0. The Labute approximate surface area is 151 Å². The molecule has 134 valence electrons. The molecule has 1 aromatic heterocycles. The van der Waals surface area contributed by atoms with Crippen molar-refractivity contribution < 1.29 is 17.6 Å². The molecule has 0 aromatic carbocycles. The zero-order valence-electron chi connectivity index (χ0n) is 13.6. The molecule has 2 N–H and O–H groups in total. The molecule has 23 heavy (non-hydrogen) atoms. The van der Waals surface area contributed by atoms with Crippen LogP contribution in [0.4, 0.5) is 13.2 Å². The Hall–Kier alpha value is -1.00. The van der Waals surface area contributed by atoms with Crippen LogP contribution in [0.25, 0.3) is 0 Å². The summed E-state index contributed by atoms with van der Waals surface area (Å²) in [6.07, 6.45) is -4.30. The zero-order valence-corrected chi connectivity index (χ0v) is 15.9. The van der Waals surface area contributed by atoms with Gasteiger partial charge in [0.15, 0.2) is 5.96 Å². The number of unbranched alkanes of at least 4 members (excludes halogenated alkanes) is 1. The van der Waals surface area contributed by atoms with Crippen molar-refractivity contribution in [3.63, 3.8) is 0 Å². The molecule has 1 heterocycles. The van der Waals surface area contributed by atoms with Gasteiger partial charge < -0.3 is 15.1 Å². The van der Waals surface area contributed by atoms with Crippen LogP contribution < -0.4 is 10.6 Å². The molecular formula is C14H24F3IN4O. The minimum absolute atomic E-state index is 0. The second-order valence-corrected chi connectivity index (χ2v) is 4.94. The number of alkyl halides is 3. The fourth-order valence-corrected chi connectivity index (χ4v) is 1.75. The average Bonchev–Trinajstić information content (AvgIpc) is 2.73. The van der Waals surface area contributed by atoms with Crippen molar-refractivity contribution in [1.82, 2.24) is 15.6 Å². The molecule has 0 radical (unpaired) electrons. The second-order valence-electron chi connectivity index (χ2n) is 4.94. The normalized spacial score (nSPS) is 12.0. The highest BCUT2D eigenvalue weighted by Gasteiger charge is 2.25. The third kappa shape index (κ3) is 9.67. The van der Waals surface area contributed by atoms with Gasteiger partial charge in [-0.2, -0.15) is 13.2 Å². The Balaban J connectivity index is 0.00000484. The van der Waals surface area contributed by atoms with E-state index in [2.05, 4.69) is 20.6 Å². The fourth-order valence-electron chi connectivity index (χ4n) is 1.75. The summed E-state index contributed by atoms with van der Waals surface area (Å²) in [6, 6.07) is 0. The van der Waals surface area contributed by atoms with E-state index in [0.717, 1.165) is 11.5 Å². The third-order valence-electron chi connectivity index (χ3n) is 2.97. The Morgan fingerprint density at radius 1 is 1.22 bits per heavy atom. The van der Waals surface area contributed by atoms with E-state index in [9.17, 15) is 13.2 Å². The first kappa shape index (κ1) is 22.0. The van der Waals surface area contributed by atoms with Crippen molar-refractivity contribution in [3.8, 4) is 0 Å². The zero-order chi connectivity index (χ0) is 16.6. The van der Waals surface area contributed by atoms with Gasteiger partial charge in [-0.25, -0.2) is 9.98 Å². The number of hydrogen-bond donors (Lipinski definition) is 2. The van der Waals surface area contributed by atoms with Gasteiger partial charge in [0.1, 0.15) is 12.3 Å². The average molecular weight is 448 g/mol. The van der Waals surface area contributed by atoms with Gasteiger partial charge in [-0.15, -0.1) is 24.0 Å². The topological polar surface area (TPSA) is 62.5 Å². The number of nitrogens with zero attached hydrogens (tertiary/aromatic N) is 2. The Morgan fingerprint density at radius 2 is 1.91 bits per heavy atom. The van der Waals surface area contributed by atoms with Crippen LogP contribution in [0, 0.1) is 13.8 Å². The molecule has 0 spiro atoms. The minimum Gasteiger partial charge on any atom is -0.444 e. The third-order valence-corrected chi connectivity index (χ3v) is 2.97. The summed E-state index contributed by atoms with van der Waals surface area (Å²) in [6.45, 7) is 6.99. The standard InChI is InChI=1S/C14H23F3N4O.HI/c1-4-18-13(19-8-6-5-7-14(15,16)17)20-9-12-21-10(2)11(3)22-12;/h4-9H2,1-3H3,(H2,18,19,20);1H. The lowest BCUT2D eigenvalue weighted by molar-refractivity contribution is -0.135. The molecule has 5 nitrogen and oxygen atoms in total. The summed E-state index contributed by atoms with van der Waals surface area (Å²) in [5, 5.41) is 6.03. The summed E-state index contributed by atoms with van der Waals surface area (Å²) in [7, 11) is 0. The van der Waals surface area contributed by atoms with Gasteiger partial charge in [0, 0.05) is 19.5 Å². The number of oxazole rings is 1. The van der Waals surface area contributed by atoms with Crippen LogP contribution in [0.1, 0.15) is 43.5 Å². The first-order chi connectivity index (χ1) is 10.3. The van der Waals surface area contributed by atoms with Crippen LogP contribution in [0.15, 0.2) is 9.41 Å². The predicted molar refractivity (Wildman–Crippen MR) is 94.1 cm³/mol. The number of aliphatic imine (C=N–C) groups is 1. The van der Waals surface area contributed by atoms with Gasteiger partial charge in [-0.1, -0.05) is 0 Å². The van der Waals surface area contributed by atoms with Gasteiger partial charge in [0.25, 0.3) is 0 Å². The van der Waals surface area contributed by atoms with E-state index in [4.69, 9.17) is 4.42 Å². The van der Waals surface area contributed by atoms with Crippen LogP contribution in [-0.4, -0.2) is 30.2 Å². The quantitative estimate of drug-likeness (QED) is 0.289. The number of aryl methyl sites for hydroxylation is 2. The van der Waals surface area contributed by atoms with Crippen molar-refractivity contribution in [1.29, 1.82) is 0 Å². The number of nitrogens with one attached hydrogen (secondary N) is 2. The molecule has 0 amide bonds. The molecule has 0 aliphatic carbocycles. The maximum Gasteiger partial charge on any atom is 0.389 e. The van der Waals surface area contributed by atoms with Gasteiger partial charge >= 0.3 is 6.18 Å². The second kappa shape index (κ2) is 10.7. The van der Waals surface area contributed by atoms with Gasteiger partial charge in [0.2, 0.25) is 5.89 Å². The van der Waals surface area contributed by atoms with Crippen LogP contribution >= 0.6 is 24.0 Å². The molecule has 0 fully saturated rings. The van der Waals surface area contributed by atoms with E-state index in [1.54, 1.807) is 0 Å². The molecule has 0 bridgehead atoms. The van der Waals surface area contributed by atoms with Gasteiger partial charge in [-0.3, -0.25) is 0 Å². The maximum absolute atomic E-state index is 12.0. The molecule has 0 aliphatic heterocycles. The molecule has 0 saturated heterocycles. The molecule has 0 aliphatic rings. The minimum atomic E-state index is -4.08. The summed E-state index contributed by atoms with van der Waals surface area (Å²) in [5.41, 5.74) is 0.829. The number of aromatic nitrogens is 1. The van der Waals surface area contributed by atoms with Crippen molar-refractivity contribution in [2.75, 3.05) is 13.1 Å². The molecule has 1 rings (SSSR count). The molecule has 0 atom stereocenters. The summed E-state index contributed by atoms with van der Waals surface area (Å²) in [4.78, 5) is 8.53. The predicted octanol–water partition coefficient (Wildman–Crippen LogP) is 3.70. The lowest BCUT2D eigenvalue weighted by Crippen LogP contribution is -2.37. The van der Waals surface area contributed by atoms with Crippen LogP contribution in [0.5, 0.6) is 0 Å². The molecular weight excluding hydrogens is 424 g/mol. The molecule has 9 heteroatoms. The summed E-state index contributed by atoms with van der Waals surface area (Å²) < 4.78 is 41.5. The van der Waals surface area contributed by atoms with Crippen molar-refractivity contribution >= 4 is 29.9 Å². The van der Waals surface area contributed by atoms with Crippen molar-refractivity contribution in [2.24, 2.45) is 4.99 Å². The van der Waals surface area contributed by atoms with E-state index in [1.165, 1.54) is 0 Å². The molecule has 0 unspecified atom stereocenters. The van der Waals surface area contributed by atoms with E-state index >= 15 is 0 Å². The van der Waals surface area contributed by atoms with E-state index in [-0.39, 0.29) is 36.9 Å². The Kier molecular flexibility index (Phi) is 10.2. The van der Waals surface area contributed by atoms with E-state index in [0.29, 0.717) is 31.4 Å². The SMILES string of the molecule is CCNC(=NCc1nc(C)c(C)o1)NCCCCC(F)(F)F.I. The number of hydrogen-bond acceptors (Lipinski definition) is 3. The van der Waals surface area contributed by atoms with Gasteiger partial charge in [-0.05, 0) is 33.6 Å². The lowest BCUT2D eigenvalue weighted by atomic mass is 10.2. The van der Waals surface area contributed by atoms with Crippen LogP contribution in [0.3, 0.4) is 0 Å². The summed E-state index contributed by atoms with van der Waals surface area (Å²) in [5.74, 6) is 1.82. The van der Waals surface area contributed by atoms with E-state index in [1.807, 2.05) is 20.8 Å². The van der Waals surface area contributed by atoms with E-state index < -0.39 is 12.6 Å². The van der Waals surface area contributed by atoms with Crippen molar-refractivity contribution in [2.45, 2.75) is 52.8 Å². The lowest BCUT2D eigenvalue weighted by Gasteiger charge is -2.11. The summed E-state index contributed by atoms with van der Waals surface area (Å²) >= 11 is 0. The largest absolute Gasteiger partial charge is 0.444 e. The van der Waals surface area contributed by atoms with Gasteiger partial charge in [0.05, 0.1) is 5.69 Å². The fraction of sp³-hybridized carbons (Fsp3) is 0.714. The molecule has 0 saturated carbocycles. The Bertz CT molecular complexity index is 469. The number of rotatable bonds is 7. The highest BCUT2D eigenvalue weighted by atomic mass is 127. The highest BCUT2D eigenvalue weighted by Crippen LogP contribution is 2.21. The van der Waals surface area contributed by atoms with Crippen LogP contribution in [0.2, 0.25) is 0 Å². The monoisotopic (exact) mass is 448 g/mol. The van der Waals surface area contributed by atoms with Crippen molar-refractivity contribution in [3.05, 3.63) is 17.3 Å². The van der Waals surface area contributed by atoms with Crippen LogP contribution in [-0.2, 0) is 6.54 Å².